The molecule has 0 radical (unpaired) electrons. The van der Waals surface area contributed by atoms with Crippen molar-refractivity contribution in [1.82, 2.24) is 15.3 Å². The second-order valence-corrected chi connectivity index (χ2v) is 6.15. The van der Waals surface area contributed by atoms with Gasteiger partial charge in [-0.3, -0.25) is 4.79 Å². The second kappa shape index (κ2) is 7.45. The van der Waals surface area contributed by atoms with Crippen molar-refractivity contribution < 1.29 is 27.4 Å². The molecule has 2 aromatic rings. The van der Waals surface area contributed by atoms with E-state index in [0.29, 0.717) is 48.8 Å². The molecule has 0 aliphatic carbocycles. The fourth-order valence-corrected chi connectivity index (χ4v) is 3.12. The number of ether oxygens (including phenoxy) is 2. The lowest BCUT2D eigenvalue weighted by molar-refractivity contribution is -0.174. The van der Waals surface area contributed by atoms with Crippen LogP contribution >= 0.6 is 0 Å². The molecule has 1 fully saturated rings. The molecule has 1 saturated heterocycles. The van der Waals surface area contributed by atoms with Crippen molar-refractivity contribution in [2.45, 2.75) is 25.1 Å². The third-order valence-electron chi connectivity index (χ3n) is 4.51. The van der Waals surface area contributed by atoms with Crippen molar-refractivity contribution in [3.8, 4) is 11.5 Å². The van der Waals surface area contributed by atoms with Gasteiger partial charge in [-0.25, -0.2) is 9.97 Å². The highest BCUT2D eigenvalue weighted by atomic mass is 19.4. The van der Waals surface area contributed by atoms with Gasteiger partial charge in [0.15, 0.2) is 11.5 Å². The summed E-state index contributed by atoms with van der Waals surface area (Å²) in [7, 11) is 3.06. The van der Waals surface area contributed by atoms with Crippen LogP contribution < -0.4 is 19.7 Å². The van der Waals surface area contributed by atoms with Crippen LogP contribution in [0.4, 0.5) is 19.0 Å². The van der Waals surface area contributed by atoms with Gasteiger partial charge in [0.2, 0.25) is 0 Å². The Morgan fingerprint density at radius 1 is 1.15 bits per heavy atom. The lowest BCUT2D eigenvalue weighted by Gasteiger charge is -2.33. The SMILES string of the molecule is COc1cc2ncnc(N3CCC(NC(=O)C(F)(F)F)CC3)c2cc1OC. The summed E-state index contributed by atoms with van der Waals surface area (Å²) in [5.74, 6) is -0.150. The largest absolute Gasteiger partial charge is 0.493 e. The van der Waals surface area contributed by atoms with Gasteiger partial charge in [0, 0.05) is 30.6 Å². The first-order chi connectivity index (χ1) is 12.8. The third-order valence-corrected chi connectivity index (χ3v) is 4.51. The lowest BCUT2D eigenvalue weighted by atomic mass is 10.0. The number of anilines is 1. The van der Waals surface area contributed by atoms with Crippen LogP contribution in [0.1, 0.15) is 12.8 Å². The van der Waals surface area contributed by atoms with Gasteiger partial charge in [-0.05, 0) is 18.9 Å². The molecule has 2 heterocycles. The summed E-state index contributed by atoms with van der Waals surface area (Å²) in [6.45, 7) is 0.923. The Morgan fingerprint density at radius 2 is 1.78 bits per heavy atom. The Hall–Kier alpha value is -2.78. The number of nitrogens with one attached hydrogen (secondary N) is 1. The first-order valence-electron chi connectivity index (χ1n) is 8.33. The summed E-state index contributed by atoms with van der Waals surface area (Å²) in [4.78, 5) is 21.6. The first-order valence-corrected chi connectivity index (χ1v) is 8.33. The van der Waals surface area contributed by atoms with E-state index in [-0.39, 0.29) is 0 Å². The van der Waals surface area contributed by atoms with Crippen LogP contribution in [0.15, 0.2) is 18.5 Å². The molecule has 3 rings (SSSR count). The molecule has 0 bridgehead atoms. The van der Waals surface area contributed by atoms with E-state index in [1.165, 1.54) is 20.5 Å². The highest BCUT2D eigenvalue weighted by Gasteiger charge is 2.40. The van der Waals surface area contributed by atoms with Crippen LogP contribution in [0.2, 0.25) is 0 Å². The van der Waals surface area contributed by atoms with E-state index in [4.69, 9.17) is 9.47 Å². The maximum absolute atomic E-state index is 12.4. The summed E-state index contributed by atoms with van der Waals surface area (Å²) in [6.07, 6.45) is -2.65. The summed E-state index contributed by atoms with van der Waals surface area (Å²) >= 11 is 0. The van der Waals surface area contributed by atoms with E-state index >= 15 is 0 Å². The fraction of sp³-hybridized carbons (Fsp3) is 0.471. The molecule has 1 N–H and O–H groups in total. The molecule has 0 saturated carbocycles. The zero-order chi connectivity index (χ0) is 19.6. The minimum absolute atomic E-state index is 0.389. The topological polar surface area (TPSA) is 76.6 Å². The van der Waals surface area contributed by atoms with Gasteiger partial charge in [0.1, 0.15) is 12.1 Å². The molecule has 0 atom stereocenters. The van der Waals surface area contributed by atoms with Crippen LogP contribution in [0, 0.1) is 0 Å². The number of hydrogen-bond donors (Lipinski definition) is 1. The monoisotopic (exact) mass is 384 g/mol. The van der Waals surface area contributed by atoms with Gasteiger partial charge in [-0.1, -0.05) is 0 Å². The van der Waals surface area contributed by atoms with Crippen LogP contribution in [0.3, 0.4) is 0 Å². The van der Waals surface area contributed by atoms with Crippen molar-refractivity contribution in [2.75, 3.05) is 32.2 Å². The molecule has 1 aliphatic heterocycles. The number of carbonyl (C=O) groups is 1. The van der Waals surface area contributed by atoms with Crippen molar-refractivity contribution >= 4 is 22.6 Å². The summed E-state index contributed by atoms with van der Waals surface area (Å²) in [6, 6.07) is 3.01. The van der Waals surface area contributed by atoms with E-state index in [9.17, 15) is 18.0 Å². The van der Waals surface area contributed by atoms with Gasteiger partial charge < -0.3 is 19.7 Å². The maximum Gasteiger partial charge on any atom is 0.471 e. The summed E-state index contributed by atoms with van der Waals surface area (Å²) in [5.41, 5.74) is 0.671. The number of aromatic nitrogens is 2. The molecule has 1 aliphatic rings. The number of alkyl halides is 3. The molecule has 1 aromatic heterocycles. The average molecular weight is 384 g/mol. The van der Waals surface area contributed by atoms with Crippen LogP contribution in [-0.4, -0.2) is 55.4 Å². The fourth-order valence-electron chi connectivity index (χ4n) is 3.12. The normalized spacial score (nSPS) is 15.7. The average Bonchev–Trinajstić information content (AvgIpc) is 2.66. The smallest absolute Gasteiger partial charge is 0.471 e. The zero-order valence-electron chi connectivity index (χ0n) is 14.8. The molecule has 0 spiro atoms. The molecule has 27 heavy (non-hydrogen) atoms. The zero-order valence-corrected chi connectivity index (χ0v) is 14.8. The van der Waals surface area contributed by atoms with Gasteiger partial charge >= 0.3 is 12.1 Å². The molecule has 1 aromatic carbocycles. The number of amides is 1. The molecule has 10 heteroatoms. The van der Waals surface area contributed by atoms with E-state index in [0.717, 1.165) is 5.39 Å². The quantitative estimate of drug-likeness (QED) is 0.872. The minimum atomic E-state index is -4.87. The van der Waals surface area contributed by atoms with Crippen LogP contribution in [0.25, 0.3) is 10.9 Å². The Bertz CT molecular complexity index is 836. The minimum Gasteiger partial charge on any atom is -0.493 e. The molecule has 1 amide bonds. The molecular weight excluding hydrogens is 365 g/mol. The van der Waals surface area contributed by atoms with E-state index < -0.39 is 18.1 Å². The Kier molecular flexibility index (Phi) is 5.24. The number of fused-ring (bicyclic) bond motifs is 1. The number of rotatable bonds is 4. The van der Waals surface area contributed by atoms with E-state index in [2.05, 4.69) is 9.97 Å². The van der Waals surface area contributed by atoms with E-state index in [1.807, 2.05) is 10.2 Å². The highest BCUT2D eigenvalue weighted by Crippen LogP contribution is 2.35. The molecule has 146 valence electrons. The van der Waals surface area contributed by atoms with Gasteiger partial charge in [-0.15, -0.1) is 0 Å². The number of halogens is 3. The Labute approximate surface area is 153 Å². The predicted octanol–water partition coefficient (Wildman–Crippen LogP) is 2.29. The van der Waals surface area contributed by atoms with Crippen molar-refractivity contribution in [2.24, 2.45) is 0 Å². The second-order valence-electron chi connectivity index (χ2n) is 6.15. The number of benzene rings is 1. The number of carbonyl (C=O) groups excluding carboxylic acids is 1. The van der Waals surface area contributed by atoms with Crippen LogP contribution in [-0.2, 0) is 4.79 Å². The van der Waals surface area contributed by atoms with Crippen molar-refractivity contribution in [1.29, 1.82) is 0 Å². The third kappa shape index (κ3) is 3.99. The van der Waals surface area contributed by atoms with Gasteiger partial charge in [0.25, 0.3) is 0 Å². The summed E-state index contributed by atoms with van der Waals surface area (Å²) in [5, 5.41) is 2.80. The number of piperidine rings is 1. The Morgan fingerprint density at radius 3 is 2.37 bits per heavy atom. The van der Waals surface area contributed by atoms with Crippen LogP contribution in [0.5, 0.6) is 11.5 Å². The van der Waals surface area contributed by atoms with Gasteiger partial charge in [0.05, 0.1) is 19.7 Å². The number of hydrogen-bond acceptors (Lipinski definition) is 6. The molecule has 0 unspecified atom stereocenters. The highest BCUT2D eigenvalue weighted by molar-refractivity contribution is 5.92. The van der Waals surface area contributed by atoms with Gasteiger partial charge in [-0.2, -0.15) is 13.2 Å². The molecular formula is C17H19F3N4O3. The maximum atomic E-state index is 12.4. The number of nitrogens with zero attached hydrogens (tertiary/aromatic N) is 3. The van der Waals surface area contributed by atoms with E-state index in [1.54, 1.807) is 12.1 Å². The van der Waals surface area contributed by atoms with Crippen molar-refractivity contribution in [3.05, 3.63) is 18.5 Å². The predicted molar refractivity (Wildman–Crippen MR) is 92.1 cm³/mol. The standard InChI is InChI=1S/C17H19F3N4O3/c1-26-13-7-11-12(8-14(13)27-2)21-9-22-15(11)24-5-3-10(4-6-24)23-16(25)17(18,19)20/h7-10H,3-6H2,1-2H3,(H,23,25). The van der Waals surface area contributed by atoms with Crippen molar-refractivity contribution in [3.63, 3.8) is 0 Å². The molecule has 7 nitrogen and oxygen atoms in total. The Balaban J connectivity index is 1.78. The number of methoxy groups -OCH3 is 2. The summed E-state index contributed by atoms with van der Waals surface area (Å²) < 4.78 is 47.8. The first kappa shape index (κ1) is 19.0. The lowest BCUT2D eigenvalue weighted by Crippen LogP contribution is -2.48.